The quantitative estimate of drug-likeness (QED) is 0.693. The van der Waals surface area contributed by atoms with E-state index in [-0.39, 0.29) is 11.7 Å². The number of hydrogen-bond donors (Lipinski definition) is 0. The molecular formula is C13H19ClO4S. The molecule has 0 heterocycles. The van der Waals surface area contributed by atoms with Crippen molar-refractivity contribution in [3.8, 4) is 5.75 Å². The molecule has 0 amide bonds. The second-order valence-electron chi connectivity index (χ2n) is 4.34. The minimum atomic E-state index is -3.46. The van der Waals surface area contributed by atoms with Crippen LogP contribution >= 0.6 is 10.7 Å². The fraction of sp³-hybridized carbons (Fsp3) is 0.538. The summed E-state index contributed by atoms with van der Waals surface area (Å²) in [5.74, 6) is 0.678. The zero-order valence-corrected chi connectivity index (χ0v) is 12.7. The summed E-state index contributed by atoms with van der Waals surface area (Å²) in [6, 6.07) is 7.55. The minimum Gasteiger partial charge on any atom is -0.497 e. The molecule has 0 spiro atoms. The lowest BCUT2D eigenvalue weighted by atomic mass is 10.1. The first kappa shape index (κ1) is 16.3. The molecule has 19 heavy (non-hydrogen) atoms. The molecule has 0 aliphatic rings. The van der Waals surface area contributed by atoms with Gasteiger partial charge in [0.25, 0.3) is 0 Å². The van der Waals surface area contributed by atoms with Gasteiger partial charge in [0.2, 0.25) is 9.05 Å². The number of benzene rings is 1. The fourth-order valence-corrected chi connectivity index (χ4v) is 3.06. The van der Waals surface area contributed by atoms with Gasteiger partial charge in [-0.1, -0.05) is 25.5 Å². The Bertz CT molecular complexity index is 470. The number of hydrogen-bond acceptors (Lipinski definition) is 4. The van der Waals surface area contributed by atoms with Crippen LogP contribution in [-0.4, -0.2) is 27.9 Å². The largest absolute Gasteiger partial charge is 0.497 e. The van der Waals surface area contributed by atoms with Gasteiger partial charge in [0.1, 0.15) is 5.75 Å². The van der Waals surface area contributed by atoms with E-state index in [0.29, 0.717) is 19.6 Å². The van der Waals surface area contributed by atoms with Crippen molar-refractivity contribution in [1.29, 1.82) is 0 Å². The maximum Gasteiger partial charge on any atom is 0.232 e. The zero-order chi connectivity index (χ0) is 14.3. The Morgan fingerprint density at radius 1 is 1.26 bits per heavy atom. The molecule has 6 heteroatoms. The van der Waals surface area contributed by atoms with E-state index >= 15 is 0 Å². The Balaban J connectivity index is 2.39. The van der Waals surface area contributed by atoms with Gasteiger partial charge in [0.05, 0.1) is 26.1 Å². The lowest BCUT2D eigenvalue weighted by molar-refractivity contribution is 0.0919. The molecule has 0 N–H and O–H groups in total. The lowest BCUT2D eigenvalue weighted by Gasteiger charge is -2.13. The van der Waals surface area contributed by atoms with E-state index in [1.165, 1.54) is 0 Å². The van der Waals surface area contributed by atoms with E-state index in [2.05, 4.69) is 0 Å². The molecule has 0 radical (unpaired) electrons. The predicted octanol–water partition coefficient (Wildman–Crippen LogP) is 2.81. The van der Waals surface area contributed by atoms with Gasteiger partial charge < -0.3 is 9.47 Å². The van der Waals surface area contributed by atoms with Gasteiger partial charge >= 0.3 is 0 Å². The van der Waals surface area contributed by atoms with Gasteiger partial charge in [-0.2, -0.15) is 0 Å². The minimum absolute atomic E-state index is 0.0479. The van der Waals surface area contributed by atoms with Crippen LogP contribution < -0.4 is 4.74 Å². The molecule has 0 fully saturated rings. The van der Waals surface area contributed by atoms with E-state index in [0.717, 1.165) is 11.3 Å². The second kappa shape index (κ2) is 7.72. The Labute approximate surface area is 119 Å². The van der Waals surface area contributed by atoms with E-state index < -0.39 is 9.05 Å². The molecule has 0 aromatic heterocycles. The van der Waals surface area contributed by atoms with Gasteiger partial charge in [-0.05, 0) is 23.6 Å². The third-order valence-corrected chi connectivity index (χ3v) is 4.04. The topological polar surface area (TPSA) is 52.6 Å². The summed E-state index contributed by atoms with van der Waals surface area (Å²) < 4.78 is 32.6. The van der Waals surface area contributed by atoms with Gasteiger partial charge in [-0.3, -0.25) is 0 Å². The van der Waals surface area contributed by atoms with Crippen molar-refractivity contribution < 1.29 is 17.9 Å². The monoisotopic (exact) mass is 306 g/mol. The number of rotatable bonds is 8. The van der Waals surface area contributed by atoms with Crippen molar-refractivity contribution >= 4 is 19.7 Å². The maximum absolute atomic E-state index is 11.0. The average molecular weight is 307 g/mol. The number of methoxy groups -OCH3 is 1. The Morgan fingerprint density at radius 2 is 1.89 bits per heavy atom. The molecule has 1 aromatic rings. The molecular weight excluding hydrogens is 288 g/mol. The highest BCUT2D eigenvalue weighted by Gasteiger charge is 2.15. The first-order chi connectivity index (χ1) is 8.94. The smallest absolute Gasteiger partial charge is 0.232 e. The third-order valence-electron chi connectivity index (χ3n) is 2.79. The van der Waals surface area contributed by atoms with Crippen LogP contribution in [0.25, 0.3) is 0 Å². The summed E-state index contributed by atoms with van der Waals surface area (Å²) in [5.41, 5.74) is 1.02. The molecule has 1 aromatic carbocycles. The van der Waals surface area contributed by atoms with Crippen LogP contribution in [0, 0.1) is 5.92 Å². The number of halogens is 1. The van der Waals surface area contributed by atoms with Crippen LogP contribution in [-0.2, 0) is 20.4 Å². The normalized spacial score (nSPS) is 13.2. The first-order valence-electron chi connectivity index (χ1n) is 6.07. The molecule has 0 bridgehead atoms. The van der Waals surface area contributed by atoms with Gasteiger partial charge in [0, 0.05) is 10.7 Å². The Kier molecular flexibility index (Phi) is 6.62. The fourth-order valence-electron chi connectivity index (χ4n) is 1.63. The molecule has 1 atom stereocenters. The van der Waals surface area contributed by atoms with Gasteiger partial charge in [-0.15, -0.1) is 0 Å². The lowest BCUT2D eigenvalue weighted by Crippen LogP contribution is -2.17. The van der Waals surface area contributed by atoms with E-state index in [9.17, 15) is 8.42 Å². The van der Waals surface area contributed by atoms with Gasteiger partial charge in [0.15, 0.2) is 0 Å². The van der Waals surface area contributed by atoms with Crippen molar-refractivity contribution in [3.63, 3.8) is 0 Å². The summed E-state index contributed by atoms with van der Waals surface area (Å²) in [5, 5.41) is 0. The SMILES string of the molecule is CCC(COCc1ccc(OC)cc1)CS(=O)(=O)Cl. The summed E-state index contributed by atoms with van der Waals surface area (Å²) in [4.78, 5) is 0. The molecule has 0 saturated carbocycles. The third kappa shape index (κ3) is 6.80. The summed E-state index contributed by atoms with van der Waals surface area (Å²) >= 11 is 0. The molecule has 4 nitrogen and oxygen atoms in total. The summed E-state index contributed by atoms with van der Waals surface area (Å²) in [6.45, 7) is 2.75. The summed E-state index contributed by atoms with van der Waals surface area (Å²) in [6.07, 6.45) is 0.717. The summed E-state index contributed by atoms with van der Waals surface area (Å²) in [7, 11) is 3.39. The predicted molar refractivity (Wildman–Crippen MR) is 76.1 cm³/mol. The van der Waals surface area contributed by atoms with Crippen molar-refractivity contribution in [3.05, 3.63) is 29.8 Å². The molecule has 0 saturated heterocycles. The van der Waals surface area contributed by atoms with Crippen molar-refractivity contribution in [2.75, 3.05) is 19.5 Å². The zero-order valence-electron chi connectivity index (χ0n) is 11.1. The highest BCUT2D eigenvalue weighted by Crippen LogP contribution is 2.14. The van der Waals surface area contributed by atoms with Crippen LogP contribution in [0.4, 0.5) is 0 Å². The Hall–Kier alpha value is -0.780. The highest BCUT2D eigenvalue weighted by molar-refractivity contribution is 8.13. The van der Waals surface area contributed by atoms with Crippen LogP contribution in [0.1, 0.15) is 18.9 Å². The van der Waals surface area contributed by atoms with Crippen molar-refractivity contribution in [2.24, 2.45) is 5.92 Å². The van der Waals surface area contributed by atoms with Crippen LogP contribution in [0.2, 0.25) is 0 Å². The van der Waals surface area contributed by atoms with Crippen LogP contribution in [0.5, 0.6) is 5.75 Å². The second-order valence-corrected chi connectivity index (χ2v) is 7.16. The van der Waals surface area contributed by atoms with Crippen LogP contribution in [0.15, 0.2) is 24.3 Å². The first-order valence-corrected chi connectivity index (χ1v) is 8.55. The maximum atomic E-state index is 11.0. The van der Waals surface area contributed by atoms with E-state index in [1.54, 1.807) is 7.11 Å². The molecule has 108 valence electrons. The van der Waals surface area contributed by atoms with E-state index in [1.807, 2.05) is 31.2 Å². The van der Waals surface area contributed by atoms with Crippen molar-refractivity contribution in [1.82, 2.24) is 0 Å². The molecule has 0 aliphatic carbocycles. The molecule has 1 unspecified atom stereocenters. The average Bonchev–Trinajstić information content (AvgIpc) is 2.37. The molecule has 0 aliphatic heterocycles. The van der Waals surface area contributed by atoms with Crippen LogP contribution in [0.3, 0.4) is 0 Å². The Morgan fingerprint density at radius 3 is 2.37 bits per heavy atom. The van der Waals surface area contributed by atoms with Gasteiger partial charge in [-0.25, -0.2) is 8.42 Å². The highest BCUT2D eigenvalue weighted by atomic mass is 35.7. The standard InChI is InChI=1S/C13H19ClO4S/c1-3-11(10-19(14,15)16)8-18-9-12-4-6-13(17-2)7-5-12/h4-7,11H,3,8-10H2,1-2H3. The van der Waals surface area contributed by atoms with E-state index in [4.69, 9.17) is 20.2 Å². The molecule has 1 rings (SSSR count). The number of ether oxygens (including phenoxy) is 2. The van der Waals surface area contributed by atoms with Crippen molar-refractivity contribution in [2.45, 2.75) is 20.0 Å².